The summed E-state index contributed by atoms with van der Waals surface area (Å²) in [5.74, 6) is -0.0864. The third kappa shape index (κ3) is 2.28. The van der Waals surface area contributed by atoms with Gasteiger partial charge in [-0.05, 0) is 19.4 Å². The summed E-state index contributed by atoms with van der Waals surface area (Å²) in [4.78, 5) is 24.2. The molecule has 1 rings (SSSR count). The molecule has 2 N–H and O–H groups in total. The van der Waals surface area contributed by atoms with E-state index in [4.69, 9.17) is 5.73 Å². The average molecular weight is 184 g/mol. The summed E-state index contributed by atoms with van der Waals surface area (Å²) in [6.45, 7) is 2.87. The molecular formula is C9H16N2O2. The predicted molar refractivity (Wildman–Crippen MR) is 48.8 cm³/mol. The molecule has 1 aliphatic heterocycles. The first-order chi connectivity index (χ1) is 6.16. The van der Waals surface area contributed by atoms with Crippen LogP contribution in [0.4, 0.5) is 0 Å². The fraction of sp³-hybridized carbons (Fsp3) is 0.778. The first-order valence-electron chi connectivity index (χ1n) is 4.71. The molecule has 0 aromatic heterocycles. The van der Waals surface area contributed by atoms with Crippen molar-refractivity contribution in [3.8, 4) is 0 Å². The van der Waals surface area contributed by atoms with Crippen LogP contribution in [0.3, 0.4) is 0 Å². The average Bonchev–Trinajstić information content (AvgIpc) is 2.12. The number of likely N-dealkylation sites (tertiary alicyclic amines) is 1. The number of nitrogens with zero attached hydrogens (tertiary/aromatic N) is 1. The van der Waals surface area contributed by atoms with Crippen molar-refractivity contribution in [3.05, 3.63) is 0 Å². The van der Waals surface area contributed by atoms with Crippen LogP contribution in [-0.4, -0.2) is 29.8 Å². The lowest BCUT2D eigenvalue weighted by Gasteiger charge is -2.28. The molecule has 0 spiro atoms. The van der Waals surface area contributed by atoms with Gasteiger partial charge in [0, 0.05) is 18.9 Å². The molecule has 1 saturated heterocycles. The maximum Gasteiger partial charge on any atom is 0.232 e. The molecule has 74 valence electrons. The van der Waals surface area contributed by atoms with Crippen molar-refractivity contribution in [2.45, 2.75) is 26.2 Å². The van der Waals surface area contributed by atoms with Gasteiger partial charge < -0.3 is 5.73 Å². The van der Waals surface area contributed by atoms with Crippen LogP contribution in [0.1, 0.15) is 26.2 Å². The Balaban J connectivity index is 2.56. The fourth-order valence-electron chi connectivity index (χ4n) is 1.47. The van der Waals surface area contributed by atoms with Crippen molar-refractivity contribution >= 4 is 11.8 Å². The summed E-state index contributed by atoms with van der Waals surface area (Å²) in [5, 5.41) is 0. The lowest BCUT2D eigenvalue weighted by Crippen LogP contribution is -2.45. The van der Waals surface area contributed by atoms with Gasteiger partial charge in [-0.1, -0.05) is 6.92 Å². The highest BCUT2D eigenvalue weighted by atomic mass is 16.2. The second-order valence-corrected chi connectivity index (χ2v) is 3.47. The van der Waals surface area contributed by atoms with Crippen molar-refractivity contribution in [2.24, 2.45) is 11.7 Å². The zero-order chi connectivity index (χ0) is 9.84. The van der Waals surface area contributed by atoms with Crippen LogP contribution >= 0.6 is 0 Å². The lowest BCUT2D eigenvalue weighted by molar-refractivity contribution is -0.151. The van der Waals surface area contributed by atoms with Gasteiger partial charge in [-0.25, -0.2) is 0 Å². The molecule has 0 aromatic carbocycles. The topological polar surface area (TPSA) is 63.4 Å². The Labute approximate surface area is 78.1 Å². The molecule has 0 radical (unpaired) electrons. The molecule has 0 aromatic rings. The summed E-state index contributed by atoms with van der Waals surface area (Å²) in [7, 11) is 0. The summed E-state index contributed by atoms with van der Waals surface area (Å²) in [6.07, 6.45) is 1.89. The Kier molecular flexibility index (Phi) is 3.42. The lowest BCUT2D eigenvalue weighted by atomic mass is 9.98. The van der Waals surface area contributed by atoms with Gasteiger partial charge in [-0.15, -0.1) is 0 Å². The van der Waals surface area contributed by atoms with E-state index in [1.807, 2.05) is 6.92 Å². The van der Waals surface area contributed by atoms with Crippen molar-refractivity contribution in [1.82, 2.24) is 4.90 Å². The quantitative estimate of drug-likeness (QED) is 0.634. The van der Waals surface area contributed by atoms with E-state index in [0.717, 1.165) is 0 Å². The van der Waals surface area contributed by atoms with Crippen LogP contribution in [0.2, 0.25) is 0 Å². The minimum Gasteiger partial charge on any atom is -0.330 e. The Morgan fingerprint density at radius 2 is 2.23 bits per heavy atom. The zero-order valence-corrected chi connectivity index (χ0v) is 7.95. The molecule has 1 unspecified atom stereocenters. The summed E-state index contributed by atoms with van der Waals surface area (Å²) >= 11 is 0. The Morgan fingerprint density at radius 3 is 2.85 bits per heavy atom. The number of hydrogen-bond donors (Lipinski definition) is 1. The van der Waals surface area contributed by atoms with E-state index in [1.165, 1.54) is 4.90 Å². The van der Waals surface area contributed by atoms with Gasteiger partial charge in [0.25, 0.3) is 0 Å². The number of carbonyl (C=O) groups excluding carboxylic acids is 2. The number of nitrogens with two attached hydrogens (primary N) is 1. The maximum absolute atomic E-state index is 11.5. The number of carbonyl (C=O) groups is 2. The molecule has 4 nitrogen and oxygen atoms in total. The first kappa shape index (κ1) is 10.2. The van der Waals surface area contributed by atoms with E-state index < -0.39 is 0 Å². The van der Waals surface area contributed by atoms with Crippen LogP contribution in [0.5, 0.6) is 0 Å². The maximum atomic E-state index is 11.5. The van der Waals surface area contributed by atoms with E-state index in [1.54, 1.807) is 0 Å². The molecule has 4 heteroatoms. The smallest absolute Gasteiger partial charge is 0.232 e. The molecule has 2 amide bonds. The van der Waals surface area contributed by atoms with Crippen LogP contribution in [0.15, 0.2) is 0 Å². The van der Waals surface area contributed by atoms with Crippen LogP contribution in [0.25, 0.3) is 0 Å². The Hall–Kier alpha value is -0.900. The fourth-order valence-corrected chi connectivity index (χ4v) is 1.47. The molecule has 1 aliphatic rings. The second-order valence-electron chi connectivity index (χ2n) is 3.47. The van der Waals surface area contributed by atoms with Gasteiger partial charge in [0.1, 0.15) is 0 Å². The van der Waals surface area contributed by atoms with Crippen molar-refractivity contribution in [2.75, 3.05) is 13.1 Å². The van der Waals surface area contributed by atoms with E-state index in [0.29, 0.717) is 32.4 Å². The molecule has 0 bridgehead atoms. The minimum absolute atomic E-state index is 0.00419. The van der Waals surface area contributed by atoms with Gasteiger partial charge in [-0.3, -0.25) is 14.5 Å². The zero-order valence-electron chi connectivity index (χ0n) is 7.95. The predicted octanol–water partition coefficient (Wildman–Crippen LogP) is 0.120. The van der Waals surface area contributed by atoms with Crippen molar-refractivity contribution < 1.29 is 9.59 Å². The second kappa shape index (κ2) is 4.37. The van der Waals surface area contributed by atoms with Gasteiger partial charge in [0.05, 0.1) is 0 Å². The van der Waals surface area contributed by atoms with Crippen molar-refractivity contribution in [1.29, 1.82) is 0 Å². The van der Waals surface area contributed by atoms with E-state index >= 15 is 0 Å². The Bertz CT molecular complexity index is 216. The first-order valence-corrected chi connectivity index (χ1v) is 4.71. The number of piperidine rings is 1. The van der Waals surface area contributed by atoms with E-state index in [9.17, 15) is 9.59 Å². The standard InChI is InChI=1S/C9H16N2O2/c1-7-3-4-8(12)11(9(7)13)6-2-5-10/h7H,2-6,10H2,1H3. The van der Waals surface area contributed by atoms with Gasteiger partial charge in [0.2, 0.25) is 11.8 Å². The van der Waals surface area contributed by atoms with Crippen LogP contribution in [-0.2, 0) is 9.59 Å². The van der Waals surface area contributed by atoms with Gasteiger partial charge in [0.15, 0.2) is 0 Å². The molecule has 1 heterocycles. The third-order valence-corrected chi connectivity index (χ3v) is 2.37. The molecule has 1 fully saturated rings. The summed E-state index contributed by atoms with van der Waals surface area (Å²) in [5.41, 5.74) is 5.32. The molecule has 1 atom stereocenters. The van der Waals surface area contributed by atoms with Crippen LogP contribution < -0.4 is 5.73 Å². The van der Waals surface area contributed by atoms with Gasteiger partial charge in [-0.2, -0.15) is 0 Å². The normalized spacial score (nSPS) is 23.8. The molecule has 0 aliphatic carbocycles. The van der Waals surface area contributed by atoms with Gasteiger partial charge >= 0.3 is 0 Å². The monoisotopic (exact) mass is 184 g/mol. The number of hydrogen-bond acceptors (Lipinski definition) is 3. The largest absolute Gasteiger partial charge is 0.330 e. The Morgan fingerprint density at radius 1 is 1.54 bits per heavy atom. The summed E-state index contributed by atoms with van der Waals surface area (Å²) in [6, 6.07) is 0. The molecular weight excluding hydrogens is 168 g/mol. The van der Waals surface area contributed by atoms with Crippen molar-refractivity contribution in [3.63, 3.8) is 0 Å². The van der Waals surface area contributed by atoms with Crippen LogP contribution in [0, 0.1) is 5.92 Å². The van der Waals surface area contributed by atoms with E-state index in [-0.39, 0.29) is 17.7 Å². The minimum atomic E-state index is -0.0449. The number of imide groups is 1. The van der Waals surface area contributed by atoms with E-state index in [2.05, 4.69) is 0 Å². The highest BCUT2D eigenvalue weighted by Gasteiger charge is 2.30. The highest BCUT2D eigenvalue weighted by molar-refractivity contribution is 5.98. The molecule has 13 heavy (non-hydrogen) atoms. The number of rotatable bonds is 3. The summed E-state index contributed by atoms with van der Waals surface area (Å²) < 4.78 is 0. The molecule has 0 saturated carbocycles. The highest BCUT2D eigenvalue weighted by Crippen LogP contribution is 2.18. The number of amides is 2. The SMILES string of the molecule is CC1CCC(=O)N(CCCN)C1=O. The third-order valence-electron chi connectivity index (χ3n) is 2.37.